The van der Waals surface area contributed by atoms with Crippen LogP contribution in [0.4, 0.5) is 0 Å². The van der Waals surface area contributed by atoms with Crippen LogP contribution in [-0.4, -0.2) is 18.5 Å². The highest BCUT2D eigenvalue weighted by Crippen LogP contribution is 2.72. The van der Waals surface area contributed by atoms with Crippen molar-refractivity contribution in [1.82, 2.24) is 5.32 Å². The van der Waals surface area contributed by atoms with Crippen molar-refractivity contribution in [3.63, 3.8) is 0 Å². The summed E-state index contributed by atoms with van der Waals surface area (Å²) in [5.41, 5.74) is 1.32. The smallest absolute Gasteiger partial charge is 0.309 e. The van der Waals surface area contributed by atoms with Crippen LogP contribution in [0.1, 0.15) is 33.1 Å². The number of esters is 1. The Morgan fingerprint density at radius 1 is 1.61 bits per heavy atom. The Labute approximate surface area is 107 Å². The van der Waals surface area contributed by atoms with Crippen molar-refractivity contribution < 1.29 is 14.3 Å². The zero-order valence-electron chi connectivity index (χ0n) is 10.9. The predicted octanol–water partition coefficient (Wildman–Crippen LogP) is 1.62. The van der Waals surface area contributed by atoms with Crippen LogP contribution in [-0.2, 0) is 14.3 Å². The van der Waals surface area contributed by atoms with Crippen molar-refractivity contribution in [1.29, 1.82) is 0 Å². The molecule has 3 aliphatic rings. The first-order valence-electron chi connectivity index (χ1n) is 6.76. The zero-order chi connectivity index (χ0) is 12.9. The first-order valence-corrected chi connectivity index (χ1v) is 6.76. The lowest BCUT2D eigenvalue weighted by molar-refractivity contribution is -0.146. The van der Waals surface area contributed by atoms with E-state index in [1.54, 1.807) is 0 Å². The molecule has 98 valence electrons. The van der Waals surface area contributed by atoms with Gasteiger partial charge in [0.2, 0.25) is 5.91 Å². The third-order valence-corrected chi connectivity index (χ3v) is 5.11. The Kier molecular flexibility index (Phi) is 2.50. The van der Waals surface area contributed by atoms with Crippen LogP contribution in [0.25, 0.3) is 0 Å². The average Bonchev–Trinajstić information content (AvgIpc) is 2.75. The molecule has 0 bridgehead atoms. The average molecular weight is 249 g/mol. The van der Waals surface area contributed by atoms with Gasteiger partial charge in [-0.1, -0.05) is 6.92 Å². The van der Waals surface area contributed by atoms with Gasteiger partial charge in [-0.2, -0.15) is 0 Å². The van der Waals surface area contributed by atoms with Crippen molar-refractivity contribution >= 4 is 11.9 Å². The Hall–Kier alpha value is -1.32. The van der Waals surface area contributed by atoms with Crippen molar-refractivity contribution in [2.24, 2.45) is 23.2 Å². The van der Waals surface area contributed by atoms with Gasteiger partial charge in [-0.3, -0.25) is 9.59 Å². The molecule has 2 aliphatic carbocycles. The summed E-state index contributed by atoms with van der Waals surface area (Å²) >= 11 is 0. The summed E-state index contributed by atoms with van der Waals surface area (Å²) in [5.74, 6) is 0.609. The van der Waals surface area contributed by atoms with Gasteiger partial charge >= 0.3 is 5.97 Å². The molecule has 1 spiro atoms. The second-order valence-electron chi connectivity index (χ2n) is 5.67. The largest absolute Gasteiger partial charge is 0.466 e. The van der Waals surface area contributed by atoms with Gasteiger partial charge in [0.25, 0.3) is 0 Å². The first-order chi connectivity index (χ1) is 8.61. The quantitative estimate of drug-likeness (QED) is 0.756. The summed E-state index contributed by atoms with van der Waals surface area (Å²) in [6, 6.07) is 0. The fraction of sp³-hybridized carbons (Fsp3) is 0.714. The van der Waals surface area contributed by atoms with E-state index in [1.807, 2.05) is 13.1 Å². The van der Waals surface area contributed by atoms with Crippen molar-refractivity contribution in [3.05, 3.63) is 11.8 Å². The van der Waals surface area contributed by atoms with E-state index in [9.17, 15) is 9.59 Å². The normalized spacial score (nSPS) is 41.1. The third kappa shape index (κ3) is 1.38. The molecule has 0 aromatic heterocycles. The minimum Gasteiger partial charge on any atom is -0.466 e. The lowest BCUT2D eigenvalue weighted by Crippen LogP contribution is -2.30. The Balaban J connectivity index is 1.85. The van der Waals surface area contributed by atoms with Crippen molar-refractivity contribution in [2.75, 3.05) is 6.61 Å². The molecule has 4 heteroatoms. The summed E-state index contributed by atoms with van der Waals surface area (Å²) in [6.45, 7) is 4.40. The highest BCUT2D eigenvalue weighted by atomic mass is 16.5. The molecule has 1 amide bonds. The highest BCUT2D eigenvalue weighted by Gasteiger charge is 2.71. The van der Waals surface area contributed by atoms with E-state index in [-0.39, 0.29) is 29.1 Å². The maximum Gasteiger partial charge on any atom is 0.309 e. The molecule has 1 aliphatic heterocycles. The number of amides is 1. The van der Waals surface area contributed by atoms with Crippen LogP contribution < -0.4 is 5.32 Å². The fourth-order valence-electron chi connectivity index (χ4n) is 4.19. The van der Waals surface area contributed by atoms with Gasteiger partial charge in [-0.05, 0) is 42.6 Å². The molecule has 3 rings (SSSR count). The molecular weight excluding hydrogens is 230 g/mol. The fourth-order valence-corrected chi connectivity index (χ4v) is 4.19. The van der Waals surface area contributed by atoms with Gasteiger partial charge in [0.1, 0.15) is 0 Å². The van der Waals surface area contributed by atoms with E-state index in [0.717, 1.165) is 12.8 Å². The van der Waals surface area contributed by atoms with E-state index in [4.69, 9.17) is 4.74 Å². The molecule has 0 radical (unpaired) electrons. The van der Waals surface area contributed by atoms with E-state index in [0.29, 0.717) is 18.9 Å². The Morgan fingerprint density at radius 3 is 3.11 bits per heavy atom. The molecule has 2 saturated carbocycles. The topological polar surface area (TPSA) is 55.4 Å². The van der Waals surface area contributed by atoms with Gasteiger partial charge in [0, 0.05) is 12.6 Å². The van der Waals surface area contributed by atoms with E-state index in [1.165, 1.54) is 5.57 Å². The molecule has 2 fully saturated rings. The second-order valence-corrected chi connectivity index (χ2v) is 5.67. The number of ether oxygens (including phenoxy) is 1. The van der Waals surface area contributed by atoms with Crippen molar-refractivity contribution in [2.45, 2.75) is 33.1 Å². The lowest BCUT2D eigenvalue weighted by atomic mass is 9.83. The number of rotatable bonds is 2. The van der Waals surface area contributed by atoms with Crippen LogP contribution in [0.2, 0.25) is 0 Å². The SMILES string of the molecule is CCOC(=O)C1C(C)C12CCC1=CNC(=O)CC12. The zero-order valence-corrected chi connectivity index (χ0v) is 10.9. The third-order valence-electron chi connectivity index (χ3n) is 5.11. The van der Waals surface area contributed by atoms with Crippen LogP contribution in [0.3, 0.4) is 0 Å². The molecule has 4 atom stereocenters. The predicted molar refractivity (Wildman–Crippen MR) is 65.3 cm³/mol. The molecular formula is C14H19NO3. The molecule has 4 nitrogen and oxygen atoms in total. The maximum absolute atomic E-state index is 12.0. The number of hydrogen-bond donors (Lipinski definition) is 1. The number of hydrogen-bond acceptors (Lipinski definition) is 3. The second kappa shape index (κ2) is 3.84. The minimum atomic E-state index is -0.0720. The molecule has 0 aromatic carbocycles. The minimum absolute atomic E-state index is 0.000694. The first kappa shape index (κ1) is 11.8. The monoisotopic (exact) mass is 249 g/mol. The van der Waals surface area contributed by atoms with Crippen LogP contribution >= 0.6 is 0 Å². The van der Waals surface area contributed by atoms with E-state index in [2.05, 4.69) is 12.2 Å². The van der Waals surface area contributed by atoms with Gasteiger partial charge in [-0.25, -0.2) is 0 Å². The molecule has 18 heavy (non-hydrogen) atoms. The summed E-state index contributed by atoms with van der Waals surface area (Å²) in [6.07, 6.45) is 4.42. The summed E-state index contributed by atoms with van der Waals surface area (Å²) < 4.78 is 5.17. The Morgan fingerprint density at radius 2 is 2.39 bits per heavy atom. The van der Waals surface area contributed by atoms with Crippen molar-refractivity contribution in [3.8, 4) is 0 Å². The molecule has 1 N–H and O–H groups in total. The Bertz CT molecular complexity index is 442. The van der Waals surface area contributed by atoms with Gasteiger partial charge in [-0.15, -0.1) is 0 Å². The molecule has 0 saturated heterocycles. The molecule has 4 unspecified atom stereocenters. The van der Waals surface area contributed by atoms with Crippen LogP contribution in [0.5, 0.6) is 0 Å². The number of nitrogens with one attached hydrogen (secondary N) is 1. The number of allylic oxidation sites excluding steroid dienone is 1. The summed E-state index contributed by atoms with van der Waals surface area (Å²) in [5, 5.41) is 2.79. The molecule has 0 aromatic rings. The lowest BCUT2D eigenvalue weighted by Gasteiger charge is -2.24. The number of fused-ring (bicyclic) bond motifs is 2. The number of carbonyl (C=O) groups is 2. The van der Waals surface area contributed by atoms with Gasteiger partial charge in [0.15, 0.2) is 0 Å². The number of carbonyl (C=O) groups excluding carboxylic acids is 2. The molecule has 1 heterocycles. The van der Waals surface area contributed by atoms with Gasteiger partial charge in [0.05, 0.1) is 12.5 Å². The van der Waals surface area contributed by atoms with Crippen LogP contribution in [0.15, 0.2) is 11.8 Å². The van der Waals surface area contributed by atoms with Crippen LogP contribution in [0, 0.1) is 23.2 Å². The van der Waals surface area contributed by atoms with E-state index < -0.39 is 0 Å². The summed E-state index contributed by atoms with van der Waals surface area (Å²) in [7, 11) is 0. The van der Waals surface area contributed by atoms with Gasteiger partial charge < -0.3 is 10.1 Å². The standard InChI is InChI=1S/C14H19NO3/c1-3-18-13(17)12-8(2)14(12)5-4-9-7-15-11(16)6-10(9)14/h7-8,10,12H,3-6H2,1-2H3,(H,15,16). The van der Waals surface area contributed by atoms with E-state index >= 15 is 0 Å². The summed E-state index contributed by atoms with van der Waals surface area (Å²) in [4.78, 5) is 23.5. The maximum atomic E-state index is 12.0. The highest BCUT2D eigenvalue weighted by molar-refractivity contribution is 5.82.